The molecule has 0 spiro atoms. The first-order valence-electron chi connectivity index (χ1n) is 7.21. The van der Waals surface area contributed by atoms with Crippen molar-refractivity contribution in [3.05, 3.63) is 76.4 Å². The number of hydrogen-bond donors (Lipinski definition) is 0. The largest absolute Gasteiger partial charge is 0.464 e. The number of aryl methyl sites for hydroxylation is 1. The SMILES string of the molecule is Cc1cc(=O)oc2c(-c3ccco3)cc(C3=CC=CC3)cc12. The Morgan fingerprint density at radius 1 is 1.18 bits per heavy atom. The first-order chi connectivity index (χ1) is 10.7. The molecule has 108 valence electrons. The van der Waals surface area contributed by atoms with E-state index in [0.717, 1.165) is 28.5 Å². The molecule has 22 heavy (non-hydrogen) atoms. The fraction of sp³-hybridized carbons (Fsp3) is 0.105. The fourth-order valence-corrected chi connectivity index (χ4v) is 2.88. The van der Waals surface area contributed by atoms with E-state index in [9.17, 15) is 4.79 Å². The molecule has 3 aromatic rings. The number of furan rings is 1. The van der Waals surface area contributed by atoms with Crippen molar-refractivity contribution in [2.75, 3.05) is 0 Å². The van der Waals surface area contributed by atoms with Crippen LogP contribution >= 0.6 is 0 Å². The van der Waals surface area contributed by atoms with E-state index in [1.807, 2.05) is 25.1 Å². The lowest BCUT2D eigenvalue weighted by atomic mass is 9.97. The van der Waals surface area contributed by atoms with Crippen LogP contribution in [-0.2, 0) is 0 Å². The molecule has 1 aliphatic rings. The van der Waals surface area contributed by atoms with Crippen molar-refractivity contribution in [1.82, 2.24) is 0 Å². The van der Waals surface area contributed by atoms with Crippen molar-refractivity contribution < 1.29 is 8.83 Å². The van der Waals surface area contributed by atoms with E-state index in [0.29, 0.717) is 11.3 Å². The summed E-state index contributed by atoms with van der Waals surface area (Å²) in [6.45, 7) is 1.93. The predicted octanol–water partition coefficient (Wildman–Crippen LogP) is 4.70. The summed E-state index contributed by atoms with van der Waals surface area (Å²) in [5.74, 6) is 0.701. The molecule has 0 unspecified atom stereocenters. The van der Waals surface area contributed by atoms with Crippen molar-refractivity contribution in [3.63, 3.8) is 0 Å². The van der Waals surface area contributed by atoms with Crippen LogP contribution in [0.2, 0.25) is 0 Å². The Hall–Kier alpha value is -2.81. The van der Waals surface area contributed by atoms with Crippen molar-refractivity contribution in [1.29, 1.82) is 0 Å². The van der Waals surface area contributed by atoms with E-state index in [1.165, 1.54) is 11.6 Å². The zero-order valence-electron chi connectivity index (χ0n) is 12.1. The second-order valence-electron chi connectivity index (χ2n) is 5.45. The maximum Gasteiger partial charge on any atom is 0.336 e. The average molecular weight is 290 g/mol. The van der Waals surface area contributed by atoms with E-state index >= 15 is 0 Å². The molecule has 1 aliphatic carbocycles. The van der Waals surface area contributed by atoms with Gasteiger partial charge in [0.2, 0.25) is 0 Å². The number of benzene rings is 1. The van der Waals surface area contributed by atoms with Crippen molar-refractivity contribution in [2.24, 2.45) is 0 Å². The fourth-order valence-electron chi connectivity index (χ4n) is 2.88. The second kappa shape index (κ2) is 4.88. The molecule has 0 bridgehead atoms. The molecule has 3 heteroatoms. The minimum absolute atomic E-state index is 0.340. The number of hydrogen-bond acceptors (Lipinski definition) is 3. The van der Waals surface area contributed by atoms with Gasteiger partial charge in [-0.25, -0.2) is 4.79 Å². The molecule has 0 aliphatic heterocycles. The monoisotopic (exact) mass is 290 g/mol. The minimum Gasteiger partial charge on any atom is -0.464 e. The Morgan fingerprint density at radius 2 is 2.09 bits per heavy atom. The van der Waals surface area contributed by atoms with Gasteiger partial charge in [0.05, 0.1) is 11.8 Å². The molecule has 1 aromatic carbocycles. The standard InChI is InChI=1S/C19H14O3/c1-12-9-18(20)22-19-15(12)10-14(13-5-2-3-6-13)11-16(19)17-7-4-8-21-17/h2-5,7-11H,6H2,1H3. The van der Waals surface area contributed by atoms with Crippen molar-refractivity contribution >= 4 is 16.5 Å². The smallest absolute Gasteiger partial charge is 0.336 e. The third kappa shape index (κ3) is 2.02. The predicted molar refractivity (Wildman–Crippen MR) is 86.7 cm³/mol. The highest BCUT2D eigenvalue weighted by Gasteiger charge is 2.15. The highest BCUT2D eigenvalue weighted by Crippen LogP contribution is 2.35. The Kier molecular flexibility index (Phi) is 2.86. The van der Waals surface area contributed by atoms with E-state index in [1.54, 1.807) is 6.26 Å². The highest BCUT2D eigenvalue weighted by molar-refractivity contribution is 5.95. The third-order valence-corrected chi connectivity index (χ3v) is 3.98. The summed E-state index contributed by atoms with van der Waals surface area (Å²) in [6, 6.07) is 9.35. The van der Waals surface area contributed by atoms with Crippen LogP contribution in [0.4, 0.5) is 0 Å². The van der Waals surface area contributed by atoms with Crippen LogP contribution in [0, 0.1) is 6.92 Å². The Morgan fingerprint density at radius 3 is 2.82 bits per heavy atom. The molecule has 0 saturated carbocycles. The second-order valence-corrected chi connectivity index (χ2v) is 5.45. The summed E-state index contributed by atoms with van der Waals surface area (Å²) in [6.07, 6.45) is 8.84. The quantitative estimate of drug-likeness (QED) is 0.642. The molecule has 4 rings (SSSR count). The average Bonchev–Trinajstić information content (AvgIpc) is 3.20. The van der Waals surface area contributed by atoms with E-state index in [4.69, 9.17) is 8.83 Å². The van der Waals surface area contributed by atoms with Gasteiger partial charge in [0.25, 0.3) is 0 Å². The van der Waals surface area contributed by atoms with E-state index in [2.05, 4.69) is 24.3 Å². The summed E-state index contributed by atoms with van der Waals surface area (Å²) in [5.41, 5.74) is 4.34. The molecule has 0 fully saturated rings. The van der Waals surface area contributed by atoms with Gasteiger partial charge in [-0.3, -0.25) is 0 Å². The Labute approximate surface area is 127 Å². The first-order valence-corrected chi connectivity index (χ1v) is 7.21. The lowest BCUT2D eigenvalue weighted by molar-refractivity contribution is 0.553. The van der Waals surface area contributed by atoms with Crippen LogP contribution in [0.25, 0.3) is 27.9 Å². The number of allylic oxidation sites excluding steroid dienone is 4. The van der Waals surface area contributed by atoms with Crippen LogP contribution in [-0.4, -0.2) is 0 Å². The maximum absolute atomic E-state index is 11.7. The Balaban J connectivity index is 2.08. The van der Waals surface area contributed by atoms with Gasteiger partial charge in [-0.05, 0) is 54.3 Å². The molecule has 3 nitrogen and oxygen atoms in total. The van der Waals surface area contributed by atoms with Gasteiger partial charge in [-0.2, -0.15) is 0 Å². The van der Waals surface area contributed by atoms with Crippen LogP contribution in [0.3, 0.4) is 0 Å². The summed E-state index contributed by atoms with van der Waals surface area (Å²) in [4.78, 5) is 11.7. The van der Waals surface area contributed by atoms with Crippen LogP contribution < -0.4 is 5.63 Å². The van der Waals surface area contributed by atoms with Gasteiger partial charge in [0, 0.05) is 11.5 Å². The maximum atomic E-state index is 11.7. The van der Waals surface area contributed by atoms with Gasteiger partial charge in [0.1, 0.15) is 11.3 Å². The van der Waals surface area contributed by atoms with Crippen LogP contribution in [0.15, 0.2) is 68.5 Å². The molecule has 0 saturated heterocycles. The van der Waals surface area contributed by atoms with Gasteiger partial charge in [0.15, 0.2) is 0 Å². The number of rotatable bonds is 2. The first kappa shape index (κ1) is 12.9. The zero-order valence-corrected chi connectivity index (χ0v) is 12.1. The lowest BCUT2D eigenvalue weighted by Crippen LogP contribution is -1.99. The normalized spacial score (nSPS) is 13.8. The lowest BCUT2D eigenvalue weighted by Gasteiger charge is -2.10. The summed E-state index contributed by atoms with van der Waals surface area (Å²) >= 11 is 0. The molecule has 0 N–H and O–H groups in total. The molecule has 0 radical (unpaired) electrons. The van der Waals surface area contributed by atoms with Gasteiger partial charge < -0.3 is 8.83 Å². The van der Waals surface area contributed by atoms with Gasteiger partial charge in [-0.15, -0.1) is 0 Å². The number of fused-ring (bicyclic) bond motifs is 1. The van der Waals surface area contributed by atoms with Gasteiger partial charge in [-0.1, -0.05) is 18.2 Å². The molecule has 0 amide bonds. The third-order valence-electron chi connectivity index (χ3n) is 3.98. The van der Waals surface area contributed by atoms with Crippen LogP contribution in [0.1, 0.15) is 17.5 Å². The van der Waals surface area contributed by atoms with Crippen LogP contribution in [0.5, 0.6) is 0 Å². The van der Waals surface area contributed by atoms with Gasteiger partial charge >= 0.3 is 5.63 Å². The highest BCUT2D eigenvalue weighted by atomic mass is 16.4. The topological polar surface area (TPSA) is 43.4 Å². The molecular weight excluding hydrogens is 276 g/mol. The Bertz CT molecular complexity index is 970. The minimum atomic E-state index is -0.340. The zero-order chi connectivity index (χ0) is 15.1. The molecule has 2 aromatic heterocycles. The molecule has 2 heterocycles. The van der Waals surface area contributed by atoms with E-state index in [-0.39, 0.29) is 5.63 Å². The molecule has 0 atom stereocenters. The summed E-state index contributed by atoms with van der Waals surface area (Å²) in [7, 11) is 0. The summed E-state index contributed by atoms with van der Waals surface area (Å²) < 4.78 is 11.0. The summed E-state index contributed by atoms with van der Waals surface area (Å²) in [5, 5.41) is 0.941. The van der Waals surface area contributed by atoms with Crippen molar-refractivity contribution in [3.8, 4) is 11.3 Å². The van der Waals surface area contributed by atoms with Crippen molar-refractivity contribution in [2.45, 2.75) is 13.3 Å². The van der Waals surface area contributed by atoms with E-state index < -0.39 is 0 Å². The molecular formula is C19H14O3.